The molecule has 0 spiro atoms. The van der Waals surface area contributed by atoms with Gasteiger partial charge in [-0.3, -0.25) is 0 Å². The number of benzene rings is 1. The zero-order valence-electron chi connectivity index (χ0n) is 13.7. The molecule has 3 heteroatoms. The summed E-state index contributed by atoms with van der Waals surface area (Å²) < 4.78 is 0. The van der Waals surface area contributed by atoms with E-state index in [1.807, 2.05) is 0 Å². The molecule has 2 atom stereocenters. The van der Waals surface area contributed by atoms with Gasteiger partial charge in [0.15, 0.2) is 0 Å². The van der Waals surface area contributed by atoms with Crippen LogP contribution in [-0.2, 0) is 0 Å². The van der Waals surface area contributed by atoms with Gasteiger partial charge in [-0.25, -0.2) is 0 Å². The van der Waals surface area contributed by atoms with Gasteiger partial charge >= 0.3 is 0 Å². The van der Waals surface area contributed by atoms with E-state index < -0.39 is 0 Å². The molecular formula is C18H29N3. The standard InChI is InChI=1S/C18H29N3/c1-4-20(5-2)15-6-8-16(9-7-15)21-17-10-11-18(21)13-14(12-17)19-3/h6-9,14,17-19H,4-5,10-13H2,1-3H3. The summed E-state index contributed by atoms with van der Waals surface area (Å²) in [7, 11) is 2.11. The molecule has 3 nitrogen and oxygen atoms in total. The lowest BCUT2D eigenvalue weighted by molar-refractivity contribution is 0.374. The molecule has 2 fully saturated rings. The Bertz CT molecular complexity index is 438. The highest BCUT2D eigenvalue weighted by Crippen LogP contribution is 2.39. The van der Waals surface area contributed by atoms with Crippen molar-refractivity contribution >= 4 is 11.4 Å². The zero-order valence-corrected chi connectivity index (χ0v) is 13.7. The van der Waals surface area contributed by atoms with Crippen LogP contribution in [0, 0.1) is 0 Å². The van der Waals surface area contributed by atoms with Crippen molar-refractivity contribution in [1.29, 1.82) is 0 Å². The summed E-state index contributed by atoms with van der Waals surface area (Å²) in [6.45, 7) is 6.60. The van der Waals surface area contributed by atoms with Crippen LogP contribution in [0.25, 0.3) is 0 Å². The molecule has 0 amide bonds. The van der Waals surface area contributed by atoms with Crippen molar-refractivity contribution < 1.29 is 0 Å². The van der Waals surface area contributed by atoms with Crippen molar-refractivity contribution in [3.8, 4) is 0 Å². The minimum atomic E-state index is 0.716. The fourth-order valence-corrected chi connectivity index (χ4v) is 4.26. The third kappa shape index (κ3) is 2.76. The van der Waals surface area contributed by atoms with E-state index >= 15 is 0 Å². The van der Waals surface area contributed by atoms with Gasteiger partial charge in [-0.15, -0.1) is 0 Å². The zero-order chi connectivity index (χ0) is 14.8. The largest absolute Gasteiger partial charge is 0.372 e. The normalized spacial score (nSPS) is 28.0. The van der Waals surface area contributed by atoms with Crippen LogP contribution in [0.15, 0.2) is 24.3 Å². The second-order valence-corrected chi connectivity index (χ2v) is 6.44. The minimum absolute atomic E-state index is 0.716. The summed E-state index contributed by atoms with van der Waals surface area (Å²) in [5, 5.41) is 3.48. The Morgan fingerprint density at radius 2 is 1.62 bits per heavy atom. The quantitative estimate of drug-likeness (QED) is 0.897. The molecule has 2 aliphatic heterocycles. The van der Waals surface area contributed by atoms with E-state index in [0.717, 1.165) is 25.2 Å². The maximum atomic E-state index is 3.48. The first kappa shape index (κ1) is 14.7. The van der Waals surface area contributed by atoms with Crippen LogP contribution in [0.2, 0.25) is 0 Å². The van der Waals surface area contributed by atoms with E-state index in [-0.39, 0.29) is 0 Å². The van der Waals surface area contributed by atoms with Gasteiger partial charge < -0.3 is 15.1 Å². The summed E-state index contributed by atoms with van der Waals surface area (Å²) in [4.78, 5) is 5.10. The Hall–Kier alpha value is -1.22. The third-order valence-corrected chi connectivity index (χ3v) is 5.42. The van der Waals surface area contributed by atoms with Crippen LogP contribution in [0.1, 0.15) is 39.5 Å². The molecule has 1 aromatic rings. The molecule has 1 N–H and O–H groups in total. The van der Waals surface area contributed by atoms with Gasteiger partial charge in [0.2, 0.25) is 0 Å². The highest BCUT2D eigenvalue weighted by molar-refractivity contribution is 5.58. The molecule has 2 bridgehead atoms. The Labute approximate surface area is 129 Å². The fraction of sp³-hybridized carbons (Fsp3) is 0.667. The molecule has 3 rings (SSSR count). The second-order valence-electron chi connectivity index (χ2n) is 6.44. The second kappa shape index (κ2) is 6.27. The number of nitrogens with zero attached hydrogens (tertiary/aromatic N) is 2. The first-order valence-electron chi connectivity index (χ1n) is 8.57. The molecule has 2 saturated heterocycles. The fourth-order valence-electron chi connectivity index (χ4n) is 4.26. The minimum Gasteiger partial charge on any atom is -0.372 e. The number of hydrogen-bond acceptors (Lipinski definition) is 3. The monoisotopic (exact) mass is 287 g/mol. The Morgan fingerprint density at radius 1 is 1.05 bits per heavy atom. The molecule has 2 aliphatic rings. The first-order valence-corrected chi connectivity index (χ1v) is 8.57. The van der Waals surface area contributed by atoms with Gasteiger partial charge in [-0.1, -0.05) is 0 Å². The molecule has 2 heterocycles. The van der Waals surface area contributed by atoms with Crippen LogP contribution in [0.4, 0.5) is 11.4 Å². The lowest BCUT2D eigenvalue weighted by atomic mass is 9.96. The summed E-state index contributed by atoms with van der Waals surface area (Å²) >= 11 is 0. The van der Waals surface area contributed by atoms with Crippen LogP contribution in [-0.4, -0.2) is 38.3 Å². The van der Waals surface area contributed by atoms with E-state index in [1.54, 1.807) is 0 Å². The van der Waals surface area contributed by atoms with Crippen molar-refractivity contribution in [1.82, 2.24) is 5.32 Å². The van der Waals surface area contributed by atoms with Gasteiger partial charge in [0.25, 0.3) is 0 Å². The molecule has 0 aromatic heterocycles. The number of hydrogen-bond donors (Lipinski definition) is 1. The summed E-state index contributed by atoms with van der Waals surface area (Å²) in [6, 6.07) is 11.4. The van der Waals surface area contributed by atoms with Crippen LogP contribution >= 0.6 is 0 Å². The van der Waals surface area contributed by atoms with Gasteiger partial charge in [-0.2, -0.15) is 0 Å². The Morgan fingerprint density at radius 3 is 2.10 bits per heavy atom. The van der Waals surface area contributed by atoms with E-state index in [1.165, 1.54) is 37.1 Å². The van der Waals surface area contributed by atoms with Gasteiger partial charge in [0.05, 0.1) is 0 Å². The number of anilines is 2. The average molecular weight is 287 g/mol. The Kier molecular flexibility index (Phi) is 4.39. The van der Waals surface area contributed by atoms with Crippen LogP contribution in [0.5, 0.6) is 0 Å². The Balaban J connectivity index is 1.76. The summed E-state index contributed by atoms with van der Waals surface area (Å²) in [5.74, 6) is 0. The molecule has 0 saturated carbocycles. The number of piperidine rings is 1. The van der Waals surface area contributed by atoms with Gasteiger partial charge in [0, 0.05) is 42.6 Å². The van der Waals surface area contributed by atoms with E-state index in [4.69, 9.17) is 0 Å². The van der Waals surface area contributed by atoms with Crippen molar-refractivity contribution in [2.75, 3.05) is 29.9 Å². The van der Waals surface area contributed by atoms with E-state index in [0.29, 0.717) is 6.04 Å². The summed E-state index contributed by atoms with van der Waals surface area (Å²) in [5.41, 5.74) is 2.77. The first-order chi connectivity index (χ1) is 10.3. The molecule has 0 aliphatic carbocycles. The number of rotatable bonds is 5. The lowest BCUT2D eigenvalue weighted by Gasteiger charge is -2.40. The maximum Gasteiger partial charge on any atom is 0.0372 e. The van der Waals surface area contributed by atoms with Gasteiger partial charge in [0.1, 0.15) is 0 Å². The predicted molar refractivity (Wildman–Crippen MR) is 91.4 cm³/mol. The highest BCUT2D eigenvalue weighted by atomic mass is 15.2. The van der Waals surface area contributed by atoms with E-state index in [9.17, 15) is 0 Å². The number of nitrogens with one attached hydrogen (secondary N) is 1. The van der Waals surface area contributed by atoms with Crippen LogP contribution in [0.3, 0.4) is 0 Å². The highest BCUT2D eigenvalue weighted by Gasteiger charge is 2.40. The van der Waals surface area contributed by atoms with E-state index in [2.05, 4.69) is 60.3 Å². The van der Waals surface area contributed by atoms with Crippen molar-refractivity contribution in [3.05, 3.63) is 24.3 Å². The van der Waals surface area contributed by atoms with Crippen molar-refractivity contribution in [2.45, 2.75) is 57.7 Å². The smallest absolute Gasteiger partial charge is 0.0372 e. The predicted octanol–water partition coefficient (Wildman–Crippen LogP) is 3.25. The van der Waals surface area contributed by atoms with Crippen molar-refractivity contribution in [3.63, 3.8) is 0 Å². The van der Waals surface area contributed by atoms with Crippen LogP contribution < -0.4 is 15.1 Å². The summed E-state index contributed by atoms with van der Waals surface area (Å²) in [6.07, 6.45) is 5.32. The molecule has 21 heavy (non-hydrogen) atoms. The van der Waals surface area contributed by atoms with Crippen molar-refractivity contribution in [2.24, 2.45) is 0 Å². The maximum absolute atomic E-state index is 3.48. The SMILES string of the molecule is CCN(CC)c1ccc(N2C3CCC2CC(NC)C3)cc1. The lowest BCUT2D eigenvalue weighted by Crippen LogP contribution is -2.48. The third-order valence-electron chi connectivity index (χ3n) is 5.42. The van der Waals surface area contributed by atoms with Gasteiger partial charge in [-0.05, 0) is 70.8 Å². The average Bonchev–Trinajstić information content (AvgIpc) is 2.79. The molecule has 0 radical (unpaired) electrons. The molecule has 116 valence electrons. The molecule has 1 aromatic carbocycles. The molecule has 2 unspecified atom stereocenters. The molecular weight excluding hydrogens is 258 g/mol. The number of fused-ring (bicyclic) bond motifs is 2. The topological polar surface area (TPSA) is 18.5 Å².